The highest BCUT2D eigenvalue weighted by atomic mass is 16.1. The Balaban J connectivity index is 3.16. The average molecular weight is 83.0 g/mol. The van der Waals surface area contributed by atoms with E-state index in [1.807, 2.05) is 0 Å². The fraction of sp³-hybridized carbons (Fsp3) is 0. The minimum atomic E-state index is 1.11. The topological polar surface area (TPSA) is 65.2 Å². The Labute approximate surface area is 34.1 Å². The number of nitrogens with zero attached hydrogens (tertiary/aromatic N) is 2. The van der Waals surface area contributed by atoms with E-state index >= 15 is 0 Å². The maximum Gasteiger partial charge on any atom is 0.259 e. The van der Waals surface area contributed by atoms with Crippen LogP contribution in [0.1, 0.15) is 0 Å². The molecule has 0 saturated carbocycles. The first-order valence-electron chi connectivity index (χ1n) is 1.12. The number of rotatable bonds is 1. The number of nitrogens with one attached hydrogen (secondary N) is 1. The van der Waals surface area contributed by atoms with E-state index in [2.05, 4.69) is 5.10 Å². The molecule has 4 nitrogen and oxygen atoms in total. The molecule has 0 amide bonds. The monoisotopic (exact) mass is 83.0 g/mol. The average Bonchev–Trinajstić information content (AvgIpc) is 1.61. The quantitative estimate of drug-likeness (QED) is 0.150. The molecule has 0 aromatic carbocycles. The van der Waals surface area contributed by atoms with E-state index in [0.29, 0.717) is 0 Å². The predicted octanol–water partition coefficient (Wildman–Crippen LogP) is -0.692. The Bertz CT molecular complexity index is 106. The first-order valence-corrected chi connectivity index (χ1v) is 1.12. The number of hydrogen-bond donors (Lipinski definition) is 1. The van der Waals surface area contributed by atoms with Crippen LogP contribution in [0.2, 0.25) is 0 Å². The lowest BCUT2D eigenvalue weighted by atomic mass is 11.4. The number of hydrazone groups is 1. The summed E-state index contributed by atoms with van der Waals surface area (Å²) < 4.78 is 0. The maximum atomic E-state index is 9.06. The molecular formula is C2HN3O. The predicted molar refractivity (Wildman–Crippen MR) is 16.9 cm³/mol. The highest BCUT2D eigenvalue weighted by Crippen LogP contribution is 1.39. The third-order valence-corrected chi connectivity index (χ3v) is 0.152. The molecule has 30 valence electrons. The number of hydrogen-bond acceptors (Lipinski definition) is 4. The SMILES string of the molecule is N#CNN=C=O. The zero-order chi connectivity index (χ0) is 4.83. The van der Waals surface area contributed by atoms with Crippen molar-refractivity contribution in [3.05, 3.63) is 0 Å². The Morgan fingerprint density at radius 3 is 2.67 bits per heavy atom. The van der Waals surface area contributed by atoms with Gasteiger partial charge >= 0.3 is 0 Å². The van der Waals surface area contributed by atoms with Crippen molar-refractivity contribution in [1.29, 1.82) is 5.26 Å². The van der Waals surface area contributed by atoms with Gasteiger partial charge in [-0.25, -0.2) is 10.2 Å². The molecule has 0 atom stereocenters. The molecule has 0 aliphatic carbocycles. The first-order chi connectivity index (χ1) is 2.91. The van der Waals surface area contributed by atoms with Crippen molar-refractivity contribution in [1.82, 2.24) is 5.43 Å². The molecule has 6 heavy (non-hydrogen) atoms. The molecule has 0 radical (unpaired) electrons. The zero-order valence-electron chi connectivity index (χ0n) is 2.80. The third kappa shape index (κ3) is 2.67. The molecule has 0 spiro atoms. The third-order valence-electron chi connectivity index (χ3n) is 0.152. The molecule has 0 aliphatic rings. The van der Waals surface area contributed by atoms with Gasteiger partial charge in [0.15, 0.2) is 6.19 Å². The normalized spacial score (nSPS) is 4.50. The van der Waals surface area contributed by atoms with Crippen LogP contribution in [0.15, 0.2) is 5.10 Å². The number of nitriles is 1. The van der Waals surface area contributed by atoms with Gasteiger partial charge in [-0.15, -0.1) is 0 Å². The summed E-state index contributed by atoms with van der Waals surface area (Å²) in [5.41, 5.74) is 1.70. The van der Waals surface area contributed by atoms with Gasteiger partial charge < -0.3 is 0 Å². The zero-order valence-corrected chi connectivity index (χ0v) is 2.80. The van der Waals surface area contributed by atoms with Crippen LogP contribution in [-0.4, -0.2) is 6.08 Å². The fourth-order valence-corrected chi connectivity index (χ4v) is 0.0478. The highest BCUT2D eigenvalue weighted by molar-refractivity contribution is 5.32. The Kier molecular flexibility index (Phi) is 2.86. The van der Waals surface area contributed by atoms with Gasteiger partial charge in [0.1, 0.15) is 0 Å². The van der Waals surface area contributed by atoms with E-state index < -0.39 is 0 Å². The van der Waals surface area contributed by atoms with Crippen molar-refractivity contribution in [2.45, 2.75) is 0 Å². The van der Waals surface area contributed by atoms with Crippen molar-refractivity contribution in [3.63, 3.8) is 0 Å². The van der Waals surface area contributed by atoms with Crippen LogP contribution in [-0.2, 0) is 4.79 Å². The molecule has 0 fully saturated rings. The summed E-state index contributed by atoms with van der Waals surface area (Å²) in [5.74, 6) is 0. The summed E-state index contributed by atoms with van der Waals surface area (Å²) in [4.78, 5) is 9.06. The van der Waals surface area contributed by atoms with Gasteiger partial charge in [-0.05, 0) is 0 Å². The molecule has 0 saturated heterocycles. The van der Waals surface area contributed by atoms with Gasteiger partial charge in [-0.1, -0.05) is 5.10 Å². The minimum Gasteiger partial charge on any atom is -0.209 e. The summed E-state index contributed by atoms with van der Waals surface area (Å²) >= 11 is 0. The first kappa shape index (κ1) is 4.67. The maximum absolute atomic E-state index is 9.06. The van der Waals surface area contributed by atoms with Crippen LogP contribution in [0, 0.1) is 11.5 Å². The van der Waals surface area contributed by atoms with E-state index in [-0.39, 0.29) is 0 Å². The smallest absolute Gasteiger partial charge is 0.209 e. The molecule has 0 aliphatic heterocycles. The van der Waals surface area contributed by atoms with Gasteiger partial charge in [0, 0.05) is 0 Å². The summed E-state index contributed by atoms with van der Waals surface area (Å²) in [7, 11) is 0. The van der Waals surface area contributed by atoms with Crippen molar-refractivity contribution >= 4 is 6.08 Å². The van der Waals surface area contributed by atoms with E-state index in [0.717, 1.165) is 6.08 Å². The largest absolute Gasteiger partial charge is 0.259 e. The lowest BCUT2D eigenvalue weighted by Crippen LogP contribution is -1.88. The molecule has 0 aromatic heterocycles. The standard InChI is InChI=1S/C2HN3O/c3-1-4-5-2-6/h4H. The number of carbonyl (C=O) groups excluding carboxylic acids is 1. The summed E-state index contributed by atoms with van der Waals surface area (Å²) in [5, 5.41) is 10.2. The fourth-order valence-electron chi connectivity index (χ4n) is 0.0478. The molecule has 0 unspecified atom stereocenters. The summed E-state index contributed by atoms with van der Waals surface area (Å²) in [6.07, 6.45) is 2.50. The Morgan fingerprint density at radius 2 is 2.50 bits per heavy atom. The molecule has 1 N–H and O–H groups in total. The van der Waals surface area contributed by atoms with Crippen molar-refractivity contribution in [3.8, 4) is 6.19 Å². The Hall–Kier alpha value is -1.33. The lowest BCUT2D eigenvalue weighted by Gasteiger charge is -1.63. The van der Waals surface area contributed by atoms with E-state index in [4.69, 9.17) is 10.1 Å². The second-order valence-corrected chi connectivity index (χ2v) is 0.427. The molecule has 0 heterocycles. The Morgan fingerprint density at radius 1 is 1.83 bits per heavy atom. The minimum absolute atomic E-state index is 1.11. The van der Waals surface area contributed by atoms with Crippen LogP contribution >= 0.6 is 0 Å². The van der Waals surface area contributed by atoms with Crippen molar-refractivity contribution in [2.75, 3.05) is 0 Å². The lowest BCUT2D eigenvalue weighted by molar-refractivity contribution is 0.561. The molecule has 0 rings (SSSR count). The molecule has 4 heteroatoms. The molecular weight excluding hydrogens is 82.0 g/mol. The van der Waals surface area contributed by atoms with Crippen LogP contribution in [0.4, 0.5) is 0 Å². The van der Waals surface area contributed by atoms with Crippen LogP contribution in [0.5, 0.6) is 0 Å². The van der Waals surface area contributed by atoms with Gasteiger partial charge in [-0.3, -0.25) is 0 Å². The van der Waals surface area contributed by atoms with Gasteiger partial charge in [0.25, 0.3) is 6.08 Å². The van der Waals surface area contributed by atoms with Gasteiger partial charge in [0.05, 0.1) is 0 Å². The second-order valence-electron chi connectivity index (χ2n) is 0.427. The van der Waals surface area contributed by atoms with Crippen molar-refractivity contribution < 1.29 is 4.79 Å². The van der Waals surface area contributed by atoms with Gasteiger partial charge in [-0.2, -0.15) is 5.26 Å². The second kappa shape index (κ2) is 3.67. The summed E-state index contributed by atoms with van der Waals surface area (Å²) in [6, 6.07) is 0. The van der Waals surface area contributed by atoms with Crippen LogP contribution < -0.4 is 5.43 Å². The van der Waals surface area contributed by atoms with E-state index in [1.165, 1.54) is 6.19 Å². The molecule has 0 aromatic rings. The molecule has 0 bridgehead atoms. The highest BCUT2D eigenvalue weighted by Gasteiger charge is 1.55. The van der Waals surface area contributed by atoms with Crippen LogP contribution in [0.3, 0.4) is 0 Å². The van der Waals surface area contributed by atoms with Crippen LogP contribution in [0.25, 0.3) is 0 Å². The van der Waals surface area contributed by atoms with Gasteiger partial charge in [0.2, 0.25) is 0 Å². The van der Waals surface area contributed by atoms with Crippen molar-refractivity contribution in [2.24, 2.45) is 5.10 Å². The summed E-state index contributed by atoms with van der Waals surface area (Å²) in [6.45, 7) is 0. The van der Waals surface area contributed by atoms with E-state index in [9.17, 15) is 0 Å². The van der Waals surface area contributed by atoms with E-state index in [1.54, 1.807) is 5.43 Å². The number of isocyanates is 1.